The Hall–Kier alpha value is -2.70. The summed E-state index contributed by atoms with van der Waals surface area (Å²) in [6.07, 6.45) is 4.42. The third kappa shape index (κ3) is 3.61. The summed E-state index contributed by atoms with van der Waals surface area (Å²) in [6, 6.07) is 8.62. The number of nitrogens with two attached hydrogens (primary N) is 1. The van der Waals surface area contributed by atoms with Crippen LogP contribution in [-0.2, 0) is 6.42 Å². The van der Waals surface area contributed by atoms with Gasteiger partial charge in [0.15, 0.2) is 0 Å². The van der Waals surface area contributed by atoms with Crippen molar-refractivity contribution >= 4 is 17.5 Å². The lowest BCUT2D eigenvalue weighted by Gasteiger charge is -2.32. The summed E-state index contributed by atoms with van der Waals surface area (Å²) < 4.78 is 0. The first-order chi connectivity index (χ1) is 11.5. The predicted octanol–water partition coefficient (Wildman–Crippen LogP) is 2.73. The second kappa shape index (κ2) is 6.82. The van der Waals surface area contributed by atoms with Crippen molar-refractivity contribution in [2.75, 3.05) is 23.7 Å². The lowest BCUT2D eigenvalue weighted by molar-refractivity contribution is -0.384. The molecule has 0 radical (unpaired) electrons. The zero-order chi connectivity index (χ0) is 17.1. The molecule has 126 valence electrons. The lowest BCUT2D eigenvalue weighted by atomic mass is 9.91. The number of nitrogen functional groups attached to an aromatic ring is 1. The van der Waals surface area contributed by atoms with Crippen LogP contribution < -0.4 is 10.6 Å². The largest absolute Gasteiger partial charge is 0.378 e. The van der Waals surface area contributed by atoms with Gasteiger partial charge >= 0.3 is 5.69 Å². The molecular weight excluding hydrogens is 306 g/mol. The zero-order valence-electron chi connectivity index (χ0n) is 13.7. The molecule has 1 fully saturated rings. The van der Waals surface area contributed by atoms with Gasteiger partial charge in [0, 0.05) is 13.1 Å². The SMILES string of the molecule is Cc1ccc(C[C@H]2CCCN(c3ncc([N+](=O)[O-])c(N)n3)C2)cc1. The van der Waals surface area contributed by atoms with Crippen molar-refractivity contribution in [3.05, 3.63) is 51.7 Å². The van der Waals surface area contributed by atoms with E-state index < -0.39 is 4.92 Å². The summed E-state index contributed by atoms with van der Waals surface area (Å²) in [4.78, 5) is 20.6. The predicted molar refractivity (Wildman–Crippen MR) is 92.9 cm³/mol. The zero-order valence-corrected chi connectivity index (χ0v) is 13.7. The second-order valence-electron chi connectivity index (χ2n) is 6.34. The Balaban J connectivity index is 1.70. The number of anilines is 2. The highest BCUT2D eigenvalue weighted by Gasteiger charge is 2.24. The van der Waals surface area contributed by atoms with Crippen molar-refractivity contribution in [1.82, 2.24) is 9.97 Å². The van der Waals surface area contributed by atoms with Gasteiger partial charge in [0.1, 0.15) is 6.20 Å². The van der Waals surface area contributed by atoms with Crippen molar-refractivity contribution in [2.24, 2.45) is 5.92 Å². The number of rotatable bonds is 4. The van der Waals surface area contributed by atoms with E-state index in [0.29, 0.717) is 11.9 Å². The molecule has 0 spiro atoms. The van der Waals surface area contributed by atoms with Crippen molar-refractivity contribution in [3.63, 3.8) is 0 Å². The number of hydrogen-bond donors (Lipinski definition) is 1. The van der Waals surface area contributed by atoms with Crippen LogP contribution in [0.15, 0.2) is 30.5 Å². The van der Waals surface area contributed by atoms with Crippen LogP contribution in [0.3, 0.4) is 0 Å². The molecule has 3 rings (SSSR count). The van der Waals surface area contributed by atoms with Gasteiger partial charge in [0.05, 0.1) is 4.92 Å². The summed E-state index contributed by atoms with van der Waals surface area (Å²) in [6.45, 7) is 3.77. The molecule has 1 aromatic heterocycles. The maximum absolute atomic E-state index is 10.8. The maximum Gasteiger partial charge on any atom is 0.329 e. The molecule has 1 aliphatic rings. The van der Waals surface area contributed by atoms with Crippen molar-refractivity contribution < 1.29 is 4.92 Å². The molecule has 0 bridgehead atoms. The van der Waals surface area contributed by atoms with E-state index in [1.54, 1.807) is 0 Å². The van der Waals surface area contributed by atoms with Gasteiger partial charge in [-0.25, -0.2) is 4.98 Å². The fourth-order valence-electron chi connectivity index (χ4n) is 3.14. The molecule has 24 heavy (non-hydrogen) atoms. The normalized spacial score (nSPS) is 17.7. The van der Waals surface area contributed by atoms with Crippen LogP contribution >= 0.6 is 0 Å². The van der Waals surface area contributed by atoms with Gasteiger partial charge in [-0.3, -0.25) is 10.1 Å². The van der Waals surface area contributed by atoms with Crippen molar-refractivity contribution in [1.29, 1.82) is 0 Å². The van der Waals surface area contributed by atoms with Crippen LogP contribution in [0.25, 0.3) is 0 Å². The molecule has 1 atom stereocenters. The second-order valence-corrected chi connectivity index (χ2v) is 6.34. The molecule has 7 nitrogen and oxygen atoms in total. The summed E-state index contributed by atoms with van der Waals surface area (Å²) in [7, 11) is 0. The maximum atomic E-state index is 10.8. The van der Waals surface area contributed by atoms with Crippen LogP contribution in [0, 0.1) is 23.0 Å². The topological polar surface area (TPSA) is 98.2 Å². The van der Waals surface area contributed by atoms with Crippen LogP contribution in [0.1, 0.15) is 24.0 Å². The van der Waals surface area contributed by atoms with E-state index in [0.717, 1.165) is 32.4 Å². The van der Waals surface area contributed by atoms with E-state index in [-0.39, 0.29) is 11.5 Å². The fraction of sp³-hybridized carbons (Fsp3) is 0.412. The van der Waals surface area contributed by atoms with E-state index in [1.807, 2.05) is 0 Å². The first kappa shape index (κ1) is 16.2. The number of benzene rings is 1. The Bertz CT molecular complexity index is 732. The van der Waals surface area contributed by atoms with E-state index >= 15 is 0 Å². The van der Waals surface area contributed by atoms with Crippen LogP contribution in [-0.4, -0.2) is 28.0 Å². The Labute approximate surface area is 140 Å². The summed E-state index contributed by atoms with van der Waals surface area (Å²) >= 11 is 0. The summed E-state index contributed by atoms with van der Waals surface area (Å²) in [5, 5.41) is 10.8. The van der Waals surface area contributed by atoms with Gasteiger partial charge in [-0.05, 0) is 37.7 Å². The number of aryl methyl sites for hydroxylation is 1. The van der Waals surface area contributed by atoms with Gasteiger partial charge in [0.25, 0.3) is 0 Å². The summed E-state index contributed by atoms with van der Waals surface area (Å²) in [5.74, 6) is 0.916. The first-order valence-electron chi connectivity index (χ1n) is 8.10. The average Bonchev–Trinajstić information content (AvgIpc) is 2.57. The average molecular weight is 327 g/mol. The minimum Gasteiger partial charge on any atom is -0.378 e. The molecule has 1 saturated heterocycles. The number of nitro groups is 1. The molecule has 0 unspecified atom stereocenters. The van der Waals surface area contributed by atoms with Crippen LogP contribution in [0.2, 0.25) is 0 Å². The molecule has 0 aliphatic carbocycles. The third-order valence-electron chi connectivity index (χ3n) is 4.43. The van der Waals surface area contributed by atoms with E-state index in [9.17, 15) is 10.1 Å². The molecule has 2 N–H and O–H groups in total. The smallest absolute Gasteiger partial charge is 0.329 e. The van der Waals surface area contributed by atoms with Gasteiger partial charge in [0.2, 0.25) is 11.8 Å². The van der Waals surface area contributed by atoms with Crippen molar-refractivity contribution in [2.45, 2.75) is 26.2 Å². The van der Waals surface area contributed by atoms with E-state index in [4.69, 9.17) is 5.73 Å². The number of hydrogen-bond acceptors (Lipinski definition) is 6. The summed E-state index contributed by atoms with van der Waals surface area (Å²) in [5.41, 5.74) is 8.03. The molecule has 2 aromatic rings. The monoisotopic (exact) mass is 327 g/mol. The lowest BCUT2D eigenvalue weighted by Crippen LogP contribution is -2.37. The molecule has 0 saturated carbocycles. The first-order valence-corrected chi connectivity index (χ1v) is 8.10. The third-order valence-corrected chi connectivity index (χ3v) is 4.43. The van der Waals surface area contributed by atoms with Gasteiger partial charge in [-0.2, -0.15) is 4.98 Å². The van der Waals surface area contributed by atoms with Crippen LogP contribution in [0.4, 0.5) is 17.5 Å². The van der Waals surface area contributed by atoms with Gasteiger partial charge < -0.3 is 10.6 Å². The fourth-order valence-corrected chi connectivity index (χ4v) is 3.14. The number of aromatic nitrogens is 2. The Morgan fingerprint density at radius 1 is 1.38 bits per heavy atom. The van der Waals surface area contributed by atoms with Crippen molar-refractivity contribution in [3.8, 4) is 0 Å². The molecular formula is C17H21N5O2. The molecule has 0 amide bonds. The standard InChI is InChI=1S/C17H21N5O2/c1-12-4-6-13(7-5-12)9-14-3-2-8-21(11-14)17-19-10-15(22(23)24)16(18)20-17/h4-7,10,14H,2-3,8-9,11H2,1H3,(H2,18,19,20)/t14-/m1/s1. The number of piperidine rings is 1. The minimum atomic E-state index is -0.560. The van der Waals surface area contributed by atoms with E-state index in [2.05, 4.69) is 46.1 Å². The van der Waals surface area contributed by atoms with Gasteiger partial charge in [-0.15, -0.1) is 0 Å². The highest BCUT2D eigenvalue weighted by molar-refractivity contribution is 5.53. The van der Waals surface area contributed by atoms with Gasteiger partial charge in [-0.1, -0.05) is 29.8 Å². The highest BCUT2D eigenvalue weighted by atomic mass is 16.6. The minimum absolute atomic E-state index is 0.0781. The molecule has 1 aromatic carbocycles. The Morgan fingerprint density at radius 3 is 2.79 bits per heavy atom. The Morgan fingerprint density at radius 2 is 2.12 bits per heavy atom. The van der Waals surface area contributed by atoms with E-state index in [1.165, 1.54) is 17.3 Å². The molecule has 7 heteroatoms. The Kier molecular flexibility index (Phi) is 4.59. The number of nitrogens with zero attached hydrogens (tertiary/aromatic N) is 4. The molecule has 1 aliphatic heterocycles. The highest BCUT2D eigenvalue weighted by Crippen LogP contribution is 2.26. The van der Waals surface area contributed by atoms with Crippen LogP contribution in [0.5, 0.6) is 0 Å². The molecule has 2 heterocycles. The quantitative estimate of drug-likeness (QED) is 0.685.